The molecule has 0 aliphatic carbocycles. The molecule has 1 aromatic carbocycles. The molecule has 0 bridgehead atoms. The highest BCUT2D eigenvalue weighted by molar-refractivity contribution is 6.33. The lowest BCUT2D eigenvalue weighted by Crippen LogP contribution is -2.46. The average molecular weight is 352 g/mol. The normalized spacial score (nSPS) is 21.3. The molecule has 1 aliphatic heterocycles. The Morgan fingerprint density at radius 2 is 1.88 bits per heavy atom. The van der Waals surface area contributed by atoms with E-state index in [1.54, 1.807) is 31.3 Å². The molecule has 0 unspecified atom stereocenters. The minimum atomic E-state index is -0.251. The van der Waals surface area contributed by atoms with Gasteiger partial charge < -0.3 is 10.2 Å². The minimum Gasteiger partial charge on any atom is -0.335 e. The number of para-hydroxylation sites is 1. The Hall–Kier alpha value is -1.59. The second-order valence-electron chi connectivity index (χ2n) is 6.92. The number of nitrogens with one attached hydrogen (secondary N) is 1. The number of hydrogen-bond donors (Lipinski definition) is 1. The summed E-state index contributed by atoms with van der Waals surface area (Å²) < 4.78 is 0. The van der Waals surface area contributed by atoms with Crippen LogP contribution in [0.4, 0.5) is 5.69 Å². The molecule has 1 saturated heterocycles. The number of likely N-dealkylation sites (tertiary alicyclic amines) is 1. The van der Waals surface area contributed by atoms with Crippen molar-refractivity contribution in [2.45, 2.75) is 20.3 Å². The molecule has 0 aromatic heterocycles. The van der Waals surface area contributed by atoms with E-state index in [1.807, 2.05) is 0 Å². The van der Waals surface area contributed by atoms with Gasteiger partial charge in [0.1, 0.15) is 0 Å². The monoisotopic (exact) mass is 351 g/mol. The zero-order chi connectivity index (χ0) is 17.7. The van der Waals surface area contributed by atoms with Gasteiger partial charge in [-0.15, -0.1) is 0 Å². The van der Waals surface area contributed by atoms with Crippen molar-refractivity contribution in [3.05, 3.63) is 29.3 Å². The second kappa shape index (κ2) is 8.49. The molecule has 1 heterocycles. The number of nitrogens with zero attached hydrogens (tertiary/aromatic N) is 2. The molecule has 6 heteroatoms. The van der Waals surface area contributed by atoms with Crippen LogP contribution >= 0.6 is 11.6 Å². The summed E-state index contributed by atoms with van der Waals surface area (Å²) >= 11 is 6.02. The van der Waals surface area contributed by atoms with Crippen LogP contribution in [0.25, 0.3) is 0 Å². The van der Waals surface area contributed by atoms with Crippen LogP contribution in [0.5, 0.6) is 0 Å². The fraction of sp³-hybridized carbons (Fsp3) is 0.556. The molecule has 0 radical (unpaired) electrons. The summed E-state index contributed by atoms with van der Waals surface area (Å²) in [4.78, 5) is 28.1. The van der Waals surface area contributed by atoms with Crippen molar-refractivity contribution in [3.8, 4) is 0 Å². The van der Waals surface area contributed by atoms with Gasteiger partial charge >= 0.3 is 0 Å². The van der Waals surface area contributed by atoms with E-state index in [9.17, 15) is 9.59 Å². The molecule has 1 fully saturated rings. The Morgan fingerprint density at radius 1 is 1.25 bits per heavy atom. The fourth-order valence-electron chi connectivity index (χ4n) is 3.29. The smallest absolute Gasteiger partial charge is 0.244 e. The van der Waals surface area contributed by atoms with Crippen molar-refractivity contribution >= 4 is 29.1 Å². The maximum absolute atomic E-state index is 12.4. The van der Waals surface area contributed by atoms with E-state index in [-0.39, 0.29) is 18.4 Å². The molecule has 1 aliphatic rings. The van der Waals surface area contributed by atoms with Gasteiger partial charge in [0.15, 0.2) is 0 Å². The SMILES string of the molecule is C[C@H]1C[C@H](C)CN(CC(=O)N(C)CC(=O)Nc2ccccc2Cl)C1. The van der Waals surface area contributed by atoms with Crippen LogP contribution in [-0.4, -0.2) is 54.8 Å². The summed E-state index contributed by atoms with van der Waals surface area (Å²) in [6.07, 6.45) is 1.21. The van der Waals surface area contributed by atoms with Gasteiger partial charge in [0.05, 0.1) is 23.8 Å². The molecule has 132 valence electrons. The van der Waals surface area contributed by atoms with Crippen LogP contribution in [0.1, 0.15) is 20.3 Å². The Morgan fingerprint density at radius 3 is 2.50 bits per heavy atom. The van der Waals surface area contributed by atoms with E-state index in [4.69, 9.17) is 11.6 Å². The molecular formula is C18H26ClN3O2. The third-order valence-corrected chi connectivity index (χ3v) is 4.59. The van der Waals surface area contributed by atoms with Crippen LogP contribution in [0.15, 0.2) is 24.3 Å². The van der Waals surface area contributed by atoms with Crippen molar-refractivity contribution < 1.29 is 9.59 Å². The number of carbonyl (C=O) groups is 2. The van der Waals surface area contributed by atoms with E-state index >= 15 is 0 Å². The quantitative estimate of drug-likeness (QED) is 0.887. The standard InChI is InChI=1S/C18H26ClN3O2/c1-13-8-14(2)10-22(9-13)12-18(24)21(3)11-17(23)20-16-7-5-4-6-15(16)19/h4-7,13-14H,8-12H2,1-3H3,(H,20,23)/t13-,14-/m0/s1. The molecule has 2 atom stereocenters. The molecule has 2 rings (SSSR count). The Labute approximate surface area is 149 Å². The lowest BCUT2D eigenvalue weighted by molar-refractivity contribution is -0.134. The van der Waals surface area contributed by atoms with Gasteiger partial charge in [-0.1, -0.05) is 37.6 Å². The molecule has 1 aromatic rings. The molecule has 24 heavy (non-hydrogen) atoms. The highest BCUT2D eigenvalue weighted by Gasteiger charge is 2.24. The highest BCUT2D eigenvalue weighted by atomic mass is 35.5. The number of halogens is 1. The van der Waals surface area contributed by atoms with E-state index in [0.29, 0.717) is 29.1 Å². The first kappa shape index (κ1) is 18.7. The number of anilines is 1. The van der Waals surface area contributed by atoms with Gasteiger partial charge in [0, 0.05) is 20.1 Å². The highest BCUT2D eigenvalue weighted by Crippen LogP contribution is 2.21. The number of likely N-dealkylation sites (N-methyl/N-ethyl adjacent to an activating group) is 1. The molecule has 1 N–H and O–H groups in total. The van der Waals surface area contributed by atoms with E-state index < -0.39 is 0 Å². The topological polar surface area (TPSA) is 52.7 Å². The number of hydrogen-bond acceptors (Lipinski definition) is 3. The third kappa shape index (κ3) is 5.49. The number of piperidine rings is 1. The summed E-state index contributed by atoms with van der Waals surface area (Å²) in [6, 6.07) is 7.05. The van der Waals surface area contributed by atoms with Gasteiger partial charge in [-0.3, -0.25) is 14.5 Å². The number of benzene rings is 1. The number of amides is 2. The molecule has 2 amide bonds. The van der Waals surface area contributed by atoms with Gasteiger partial charge in [-0.2, -0.15) is 0 Å². The predicted octanol–water partition coefficient (Wildman–Crippen LogP) is 2.71. The van der Waals surface area contributed by atoms with Gasteiger partial charge in [-0.25, -0.2) is 0 Å². The molecule has 0 spiro atoms. The lowest BCUT2D eigenvalue weighted by atomic mass is 9.92. The first-order chi connectivity index (χ1) is 11.3. The Balaban J connectivity index is 1.82. The van der Waals surface area contributed by atoms with E-state index in [0.717, 1.165) is 13.1 Å². The maximum atomic E-state index is 12.4. The first-order valence-corrected chi connectivity index (χ1v) is 8.73. The van der Waals surface area contributed by atoms with E-state index in [1.165, 1.54) is 11.3 Å². The van der Waals surface area contributed by atoms with Crippen LogP contribution < -0.4 is 5.32 Å². The summed E-state index contributed by atoms with van der Waals surface area (Å²) in [5.74, 6) is 0.927. The maximum Gasteiger partial charge on any atom is 0.244 e. The van der Waals surface area contributed by atoms with Crippen LogP contribution in [-0.2, 0) is 9.59 Å². The average Bonchev–Trinajstić information content (AvgIpc) is 2.48. The van der Waals surface area contributed by atoms with Crippen molar-refractivity contribution in [2.75, 3.05) is 38.5 Å². The van der Waals surface area contributed by atoms with Crippen molar-refractivity contribution in [1.29, 1.82) is 0 Å². The summed E-state index contributed by atoms with van der Waals surface area (Å²) in [6.45, 7) is 6.70. The molecule has 0 saturated carbocycles. The lowest BCUT2D eigenvalue weighted by Gasteiger charge is -2.35. The van der Waals surface area contributed by atoms with E-state index in [2.05, 4.69) is 24.1 Å². The largest absolute Gasteiger partial charge is 0.335 e. The zero-order valence-electron chi connectivity index (χ0n) is 14.6. The minimum absolute atomic E-state index is 0.0169. The molecule has 5 nitrogen and oxygen atoms in total. The van der Waals surface area contributed by atoms with Crippen LogP contribution in [0.2, 0.25) is 5.02 Å². The predicted molar refractivity (Wildman–Crippen MR) is 97.1 cm³/mol. The number of carbonyl (C=O) groups excluding carboxylic acids is 2. The van der Waals surface area contributed by atoms with Crippen molar-refractivity contribution in [3.63, 3.8) is 0 Å². The zero-order valence-corrected chi connectivity index (χ0v) is 15.3. The van der Waals surface area contributed by atoms with Gasteiger partial charge in [-0.05, 0) is 30.4 Å². The Bertz CT molecular complexity index is 583. The van der Waals surface area contributed by atoms with Crippen LogP contribution in [0, 0.1) is 11.8 Å². The summed E-state index contributed by atoms with van der Waals surface area (Å²) in [5.41, 5.74) is 0.559. The van der Waals surface area contributed by atoms with Crippen molar-refractivity contribution in [2.24, 2.45) is 11.8 Å². The summed E-state index contributed by atoms with van der Waals surface area (Å²) in [7, 11) is 1.66. The third-order valence-electron chi connectivity index (χ3n) is 4.26. The number of rotatable bonds is 5. The Kier molecular flexibility index (Phi) is 6.63. The van der Waals surface area contributed by atoms with Crippen molar-refractivity contribution in [1.82, 2.24) is 9.80 Å². The second-order valence-corrected chi connectivity index (χ2v) is 7.33. The molecular weight excluding hydrogens is 326 g/mol. The van der Waals surface area contributed by atoms with Crippen LogP contribution in [0.3, 0.4) is 0 Å². The summed E-state index contributed by atoms with van der Waals surface area (Å²) in [5, 5.41) is 3.22. The first-order valence-electron chi connectivity index (χ1n) is 8.36. The fourth-order valence-corrected chi connectivity index (χ4v) is 3.47. The van der Waals surface area contributed by atoms with Gasteiger partial charge in [0.2, 0.25) is 11.8 Å². The van der Waals surface area contributed by atoms with Gasteiger partial charge in [0.25, 0.3) is 0 Å².